The second-order valence-electron chi connectivity index (χ2n) is 3.69. The van der Waals surface area contributed by atoms with E-state index in [2.05, 4.69) is 31.0 Å². The lowest BCUT2D eigenvalue weighted by molar-refractivity contribution is 0.473. The van der Waals surface area contributed by atoms with E-state index in [1.807, 2.05) is 24.3 Å². The van der Waals surface area contributed by atoms with Crippen LogP contribution >= 0.6 is 15.9 Å². The van der Waals surface area contributed by atoms with Gasteiger partial charge in [-0.1, -0.05) is 34.1 Å². The molecule has 3 aromatic rings. The van der Waals surface area contributed by atoms with Crippen molar-refractivity contribution in [2.45, 2.75) is 6.54 Å². The van der Waals surface area contributed by atoms with Crippen LogP contribution in [0.4, 0.5) is 0 Å². The van der Waals surface area contributed by atoms with Crippen LogP contribution in [0.5, 0.6) is 0 Å². The normalized spacial score (nSPS) is 10.7. The molecule has 2 aromatic heterocycles. The van der Waals surface area contributed by atoms with Crippen LogP contribution in [0, 0.1) is 0 Å². The molecule has 0 saturated carbocycles. The first-order chi connectivity index (χ1) is 8.83. The van der Waals surface area contributed by atoms with Gasteiger partial charge in [-0.2, -0.15) is 5.10 Å². The third-order valence-electron chi connectivity index (χ3n) is 2.46. The lowest BCUT2D eigenvalue weighted by atomic mass is 10.2. The van der Waals surface area contributed by atoms with Crippen LogP contribution in [0.25, 0.3) is 11.3 Å². The van der Waals surface area contributed by atoms with Gasteiger partial charge in [0.2, 0.25) is 5.89 Å². The molecule has 6 heteroatoms. The third kappa shape index (κ3) is 2.19. The van der Waals surface area contributed by atoms with Crippen LogP contribution in [0.3, 0.4) is 0 Å². The van der Waals surface area contributed by atoms with Crippen molar-refractivity contribution in [2.24, 2.45) is 0 Å². The van der Waals surface area contributed by atoms with Crippen molar-refractivity contribution >= 4 is 15.9 Å². The third-order valence-corrected chi connectivity index (χ3v) is 3.15. The number of nitrogens with zero attached hydrogens (tertiary/aromatic N) is 4. The van der Waals surface area contributed by atoms with E-state index >= 15 is 0 Å². The van der Waals surface area contributed by atoms with Gasteiger partial charge in [-0.05, 0) is 6.07 Å². The van der Waals surface area contributed by atoms with E-state index in [1.165, 1.54) is 6.33 Å². The molecular weight excluding hydrogens is 296 g/mol. The first kappa shape index (κ1) is 11.2. The van der Waals surface area contributed by atoms with E-state index in [9.17, 15) is 0 Å². The van der Waals surface area contributed by atoms with E-state index in [0.29, 0.717) is 12.4 Å². The zero-order valence-corrected chi connectivity index (χ0v) is 10.9. The Morgan fingerprint density at radius 2 is 2.17 bits per heavy atom. The van der Waals surface area contributed by atoms with Gasteiger partial charge in [0.15, 0.2) is 5.76 Å². The van der Waals surface area contributed by atoms with Gasteiger partial charge in [0, 0.05) is 10.0 Å². The number of rotatable bonds is 3. The van der Waals surface area contributed by atoms with Crippen molar-refractivity contribution in [3.05, 3.63) is 53.5 Å². The molecule has 0 atom stereocenters. The molecule has 18 heavy (non-hydrogen) atoms. The van der Waals surface area contributed by atoms with E-state index in [1.54, 1.807) is 17.2 Å². The summed E-state index contributed by atoms with van der Waals surface area (Å²) in [6, 6.07) is 7.86. The van der Waals surface area contributed by atoms with Crippen LogP contribution in [0.1, 0.15) is 5.89 Å². The van der Waals surface area contributed by atoms with Crippen molar-refractivity contribution in [3.8, 4) is 11.3 Å². The summed E-state index contributed by atoms with van der Waals surface area (Å²) >= 11 is 3.49. The Bertz CT molecular complexity index is 648. The van der Waals surface area contributed by atoms with Crippen LogP contribution in [-0.2, 0) is 6.54 Å². The van der Waals surface area contributed by atoms with E-state index < -0.39 is 0 Å². The lowest BCUT2D eigenvalue weighted by Gasteiger charge is -1.99. The molecule has 0 N–H and O–H groups in total. The summed E-state index contributed by atoms with van der Waals surface area (Å²) in [6.07, 6.45) is 4.83. The van der Waals surface area contributed by atoms with Crippen LogP contribution in [-0.4, -0.2) is 19.7 Å². The van der Waals surface area contributed by atoms with E-state index in [0.717, 1.165) is 15.8 Å². The summed E-state index contributed by atoms with van der Waals surface area (Å²) in [5, 5.41) is 4.01. The first-order valence-corrected chi connectivity index (χ1v) is 6.14. The zero-order valence-electron chi connectivity index (χ0n) is 9.32. The number of aromatic nitrogens is 4. The van der Waals surface area contributed by atoms with Gasteiger partial charge in [0.1, 0.15) is 19.2 Å². The van der Waals surface area contributed by atoms with Crippen molar-refractivity contribution in [3.63, 3.8) is 0 Å². The molecule has 5 nitrogen and oxygen atoms in total. The number of hydrogen-bond acceptors (Lipinski definition) is 4. The fourth-order valence-electron chi connectivity index (χ4n) is 1.62. The fraction of sp³-hybridized carbons (Fsp3) is 0.0833. The second-order valence-corrected chi connectivity index (χ2v) is 4.55. The topological polar surface area (TPSA) is 56.7 Å². The Hall–Kier alpha value is -1.95. The molecule has 0 aliphatic rings. The molecule has 0 aliphatic carbocycles. The SMILES string of the molecule is Brc1ccccc1-c1cnc(Cn2cncn2)o1. The average Bonchev–Trinajstić information content (AvgIpc) is 3.02. The highest BCUT2D eigenvalue weighted by molar-refractivity contribution is 9.10. The van der Waals surface area contributed by atoms with Crippen LogP contribution < -0.4 is 0 Å². The highest BCUT2D eigenvalue weighted by Gasteiger charge is 2.09. The minimum absolute atomic E-state index is 0.477. The predicted octanol–water partition coefficient (Wildman–Crippen LogP) is 2.74. The van der Waals surface area contributed by atoms with Gasteiger partial charge in [-0.25, -0.2) is 14.6 Å². The molecule has 1 aromatic carbocycles. The number of halogens is 1. The minimum atomic E-state index is 0.477. The highest BCUT2D eigenvalue weighted by atomic mass is 79.9. The molecule has 0 radical (unpaired) electrons. The smallest absolute Gasteiger partial charge is 0.216 e. The Balaban J connectivity index is 1.88. The Morgan fingerprint density at radius 1 is 1.28 bits per heavy atom. The van der Waals surface area contributed by atoms with Gasteiger partial charge in [0.05, 0.1) is 6.20 Å². The quantitative estimate of drug-likeness (QED) is 0.746. The molecule has 0 amide bonds. The largest absolute Gasteiger partial charge is 0.439 e. The van der Waals surface area contributed by atoms with Gasteiger partial charge >= 0.3 is 0 Å². The minimum Gasteiger partial charge on any atom is -0.439 e. The summed E-state index contributed by atoms with van der Waals surface area (Å²) in [4.78, 5) is 8.10. The van der Waals surface area contributed by atoms with Gasteiger partial charge in [0.25, 0.3) is 0 Å². The lowest BCUT2D eigenvalue weighted by Crippen LogP contribution is -1.99. The highest BCUT2D eigenvalue weighted by Crippen LogP contribution is 2.28. The zero-order chi connectivity index (χ0) is 12.4. The monoisotopic (exact) mass is 304 g/mol. The molecular formula is C12H9BrN4O. The van der Waals surface area contributed by atoms with Crippen molar-refractivity contribution < 1.29 is 4.42 Å². The first-order valence-electron chi connectivity index (χ1n) is 5.35. The Kier molecular flexibility index (Phi) is 2.93. The maximum Gasteiger partial charge on any atom is 0.216 e. The maximum atomic E-state index is 5.69. The fourth-order valence-corrected chi connectivity index (χ4v) is 2.10. The standard InChI is InChI=1S/C12H9BrN4O/c13-10-4-2-1-3-9(10)11-5-15-12(18-11)6-17-8-14-7-16-17/h1-5,7-8H,6H2. The van der Waals surface area contributed by atoms with E-state index in [4.69, 9.17) is 4.42 Å². The molecule has 0 unspecified atom stereocenters. The summed E-state index contributed by atoms with van der Waals surface area (Å²) in [7, 11) is 0. The van der Waals surface area contributed by atoms with Gasteiger partial charge < -0.3 is 4.42 Å². The molecule has 0 aliphatic heterocycles. The second kappa shape index (κ2) is 4.73. The van der Waals surface area contributed by atoms with Crippen molar-refractivity contribution in [2.75, 3.05) is 0 Å². The Morgan fingerprint density at radius 3 is 2.94 bits per heavy atom. The molecule has 90 valence electrons. The number of oxazole rings is 1. The van der Waals surface area contributed by atoms with Gasteiger partial charge in [-0.3, -0.25) is 0 Å². The predicted molar refractivity (Wildman–Crippen MR) is 68.8 cm³/mol. The molecule has 0 fully saturated rings. The molecule has 0 spiro atoms. The summed E-state index contributed by atoms with van der Waals surface area (Å²) in [6.45, 7) is 0.477. The summed E-state index contributed by atoms with van der Waals surface area (Å²) in [5.74, 6) is 1.34. The summed E-state index contributed by atoms with van der Waals surface area (Å²) < 4.78 is 8.34. The average molecular weight is 305 g/mol. The van der Waals surface area contributed by atoms with Crippen molar-refractivity contribution in [1.29, 1.82) is 0 Å². The van der Waals surface area contributed by atoms with Crippen LogP contribution in [0.2, 0.25) is 0 Å². The molecule has 3 rings (SSSR count). The number of hydrogen-bond donors (Lipinski definition) is 0. The molecule has 0 bridgehead atoms. The molecule has 0 saturated heterocycles. The Labute approximate surface area is 112 Å². The summed E-state index contributed by atoms with van der Waals surface area (Å²) in [5.41, 5.74) is 0.981. The number of benzene rings is 1. The van der Waals surface area contributed by atoms with E-state index in [-0.39, 0.29) is 0 Å². The van der Waals surface area contributed by atoms with Crippen LogP contribution in [0.15, 0.2) is 52.0 Å². The maximum absolute atomic E-state index is 5.69. The molecule has 2 heterocycles. The van der Waals surface area contributed by atoms with Gasteiger partial charge in [-0.15, -0.1) is 0 Å². The van der Waals surface area contributed by atoms with Crippen molar-refractivity contribution in [1.82, 2.24) is 19.7 Å².